The lowest BCUT2D eigenvalue weighted by Gasteiger charge is -2.11. The summed E-state index contributed by atoms with van der Waals surface area (Å²) in [5.74, 6) is 0.628. The number of amides is 1. The van der Waals surface area contributed by atoms with Gasteiger partial charge in [-0.1, -0.05) is 18.2 Å². The molecule has 1 unspecified atom stereocenters. The first-order chi connectivity index (χ1) is 9.13. The number of aromatic nitrogens is 1. The number of terminal acetylenes is 1. The van der Waals surface area contributed by atoms with E-state index < -0.39 is 17.9 Å². The van der Waals surface area contributed by atoms with E-state index in [9.17, 15) is 9.59 Å². The number of rotatable bonds is 4. The molecule has 0 aliphatic carbocycles. The number of hydrogen-bond acceptors (Lipinski definition) is 2. The number of H-pyrrole nitrogens is 1. The average Bonchev–Trinajstić information content (AvgIpc) is 2.81. The van der Waals surface area contributed by atoms with Crippen LogP contribution in [0.4, 0.5) is 0 Å². The van der Waals surface area contributed by atoms with Gasteiger partial charge in [0.05, 0.1) is 5.56 Å². The Labute approximate surface area is 109 Å². The van der Waals surface area contributed by atoms with Crippen molar-refractivity contribution in [2.75, 3.05) is 0 Å². The van der Waals surface area contributed by atoms with Crippen LogP contribution >= 0.6 is 0 Å². The number of benzene rings is 1. The Morgan fingerprint density at radius 1 is 1.42 bits per heavy atom. The summed E-state index contributed by atoms with van der Waals surface area (Å²) in [6.45, 7) is 0. The van der Waals surface area contributed by atoms with Crippen LogP contribution in [0.1, 0.15) is 16.8 Å². The molecule has 1 aromatic carbocycles. The number of carbonyl (C=O) groups excluding carboxylic acids is 1. The number of hydrogen-bond donors (Lipinski definition) is 3. The number of aliphatic carboxylic acids is 1. The Bertz CT molecular complexity index is 667. The van der Waals surface area contributed by atoms with Gasteiger partial charge in [0, 0.05) is 23.5 Å². The van der Waals surface area contributed by atoms with Crippen LogP contribution in [-0.2, 0) is 4.79 Å². The molecule has 1 aromatic heterocycles. The molecule has 0 bridgehead atoms. The maximum Gasteiger partial charge on any atom is 0.327 e. The molecule has 5 heteroatoms. The molecular formula is C14H12N2O3. The van der Waals surface area contributed by atoms with Gasteiger partial charge in [-0.3, -0.25) is 4.79 Å². The van der Waals surface area contributed by atoms with Crippen molar-refractivity contribution in [1.29, 1.82) is 0 Å². The first kappa shape index (κ1) is 12.7. The lowest BCUT2D eigenvalue weighted by atomic mass is 10.1. The fraction of sp³-hybridized carbons (Fsp3) is 0.143. The smallest absolute Gasteiger partial charge is 0.327 e. The maximum absolute atomic E-state index is 12.0. The van der Waals surface area contributed by atoms with E-state index in [1.807, 2.05) is 18.2 Å². The molecule has 96 valence electrons. The lowest BCUT2D eigenvalue weighted by Crippen LogP contribution is -2.40. The minimum Gasteiger partial charge on any atom is -0.480 e. The minimum atomic E-state index is -1.15. The lowest BCUT2D eigenvalue weighted by molar-refractivity contribution is -0.139. The second-order valence-corrected chi connectivity index (χ2v) is 4.02. The third kappa shape index (κ3) is 2.58. The molecule has 19 heavy (non-hydrogen) atoms. The van der Waals surface area contributed by atoms with Gasteiger partial charge >= 0.3 is 5.97 Å². The second-order valence-electron chi connectivity index (χ2n) is 4.02. The van der Waals surface area contributed by atoms with E-state index in [1.54, 1.807) is 12.3 Å². The Morgan fingerprint density at radius 3 is 2.84 bits per heavy atom. The van der Waals surface area contributed by atoms with Crippen molar-refractivity contribution in [3.05, 3.63) is 36.0 Å². The minimum absolute atomic E-state index is 0.0522. The van der Waals surface area contributed by atoms with Crippen molar-refractivity contribution >= 4 is 22.8 Å². The quantitative estimate of drug-likeness (QED) is 0.723. The van der Waals surface area contributed by atoms with Crippen LogP contribution in [-0.4, -0.2) is 28.0 Å². The largest absolute Gasteiger partial charge is 0.480 e. The van der Waals surface area contributed by atoms with Crippen molar-refractivity contribution in [3.63, 3.8) is 0 Å². The summed E-state index contributed by atoms with van der Waals surface area (Å²) < 4.78 is 0. The zero-order valence-electron chi connectivity index (χ0n) is 10.0. The summed E-state index contributed by atoms with van der Waals surface area (Å²) in [5, 5.41) is 12.1. The molecule has 0 saturated carbocycles. The third-order valence-electron chi connectivity index (χ3n) is 2.76. The van der Waals surface area contributed by atoms with Crippen LogP contribution in [0.25, 0.3) is 10.9 Å². The normalized spacial score (nSPS) is 11.7. The Hall–Kier alpha value is -2.74. The highest BCUT2D eigenvalue weighted by Gasteiger charge is 2.21. The first-order valence-electron chi connectivity index (χ1n) is 5.66. The van der Waals surface area contributed by atoms with Crippen LogP contribution in [0, 0.1) is 12.3 Å². The van der Waals surface area contributed by atoms with Gasteiger partial charge in [0.1, 0.15) is 6.04 Å². The molecule has 0 saturated heterocycles. The van der Waals surface area contributed by atoms with Crippen molar-refractivity contribution in [1.82, 2.24) is 10.3 Å². The molecule has 5 nitrogen and oxygen atoms in total. The molecule has 2 rings (SSSR count). The number of fused-ring (bicyclic) bond motifs is 1. The predicted molar refractivity (Wildman–Crippen MR) is 70.6 cm³/mol. The first-order valence-corrected chi connectivity index (χ1v) is 5.66. The van der Waals surface area contributed by atoms with Crippen molar-refractivity contribution in [2.45, 2.75) is 12.5 Å². The molecule has 2 aromatic rings. The van der Waals surface area contributed by atoms with E-state index in [2.05, 4.69) is 16.2 Å². The zero-order valence-corrected chi connectivity index (χ0v) is 10.0. The zero-order chi connectivity index (χ0) is 13.8. The number of para-hydroxylation sites is 1. The van der Waals surface area contributed by atoms with Crippen LogP contribution < -0.4 is 5.32 Å². The van der Waals surface area contributed by atoms with Gasteiger partial charge in [-0.05, 0) is 6.07 Å². The molecule has 1 amide bonds. The highest BCUT2D eigenvalue weighted by Crippen LogP contribution is 2.17. The summed E-state index contributed by atoms with van der Waals surface area (Å²) in [4.78, 5) is 25.9. The molecule has 1 heterocycles. The van der Waals surface area contributed by atoms with Gasteiger partial charge in [0.25, 0.3) is 5.91 Å². The molecule has 0 radical (unpaired) electrons. The molecule has 1 atom stereocenters. The van der Waals surface area contributed by atoms with Crippen molar-refractivity contribution in [2.24, 2.45) is 0 Å². The molecule has 0 fully saturated rings. The van der Waals surface area contributed by atoms with Crippen LogP contribution in [0.15, 0.2) is 30.5 Å². The van der Waals surface area contributed by atoms with E-state index in [0.717, 1.165) is 10.9 Å². The van der Waals surface area contributed by atoms with Crippen LogP contribution in [0.2, 0.25) is 0 Å². The van der Waals surface area contributed by atoms with Crippen LogP contribution in [0.3, 0.4) is 0 Å². The molecule has 0 aliphatic rings. The van der Waals surface area contributed by atoms with E-state index in [1.165, 1.54) is 0 Å². The topological polar surface area (TPSA) is 82.2 Å². The highest BCUT2D eigenvalue weighted by molar-refractivity contribution is 6.07. The van der Waals surface area contributed by atoms with Crippen LogP contribution in [0.5, 0.6) is 0 Å². The third-order valence-corrected chi connectivity index (χ3v) is 2.76. The highest BCUT2D eigenvalue weighted by atomic mass is 16.4. The van der Waals surface area contributed by atoms with Gasteiger partial charge < -0.3 is 15.4 Å². The molecule has 0 aliphatic heterocycles. The number of carbonyl (C=O) groups is 2. The Morgan fingerprint density at radius 2 is 2.16 bits per heavy atom. The number of carboxylic acid groups (broad SMARTS) is 1. The number of nitrogens with one attached hydrogen (secondary N) is 2. The van der Waals surface area contributed by atoms with E-state index in [-0.39, 0.29) is 6.42 Å². The summed E-state index contributed by atoms with van der Waals surface area (Å²) >= 11 is 0. The van der Waals surface area contributed by atoms with E-state index >= 15 is 0 Å². The Kier molecular flexibility index (Phi) is 3.53. The summed E-state index contributed by atoms with van der Waals surface area (Å²) in [5.41, 5.74) is 1.22. The SMILES string of the molecule is C#CCC(NC(=O)c1c[nH]c2ccccc12)C(=O)O. The number of carboxylic acids is 1. The average molecular weight is 256 g/mol. The fourth-order valence-electron chi connectivity index (χ4n) is 1.81. The van der Waals surface area contributed by atoms with Gasteiger partial charge in [-0.2, -0.15) is 0 Å². The second kappa shape index (κ2) is 5.27. The molecule has 3 N–H and O–H groups in total. The monoisotopic (exact) mass is 256 g/mol. The van der Waals surface area contributed by atoms with Crippen molar-refractivity contribution in [3.8, 4) is 12.3 Å². The van der Waals surface area contributed by atoms with E-state index in [4.69, 9.17) is 11.5 Å². The van der Waals surface area contributed by atoms with Gasteiger partial charge in [-0.25, -0.2) is 4.79 Å². The van der Waals surface area contributed by atoms with Crippen molar-refractivity contribution < 1.29 is 14.7 Å². The summed E-state index contributed by atoms with van der Waals surface area (Å²) in [7, 11) is 0. The maximum atomic E-state index is 12.0. The molecular weight excluding hydrogens is 244 g/mol. The van der Waals surface area contributed by atoms with E-state index in [0.29, 0.717) is 5.56 Å². The fourth-order valence-corrected chi connectivity index (χ4v) is 1.81. The summed E-state index contributed by atoms with van der Waals surface area (Å²) in [6.07, 6.45) is 6.58. The Balaban J connectivity index is 2.25. The van der Waals surface area contributed by atoms with Gasteiger partial charge in [-0.15, -0.1) is 12.3 Å². The predicted octanol–water partition coefficient (Wildman–Crippen LogP) is 1.37. The molecule has 0 spiro atoms. The standard InChI is InChI=1S/C14H12N2O3/c1-2-5-12(14(18)19)16-13(17)10-8-15-11-7-4-3-6-9(10)11/h1,3-4,6-8,12,15H,5H2,(H,16,17)(H,18,19). The van der Waals surface area contributed by atoms with Gasteiger partial charge in [0.15, 0.2) is 0 Å². The number of aromatic amines is 1. The summed E-state index contributed by atoms with van der Waals surface area (Å²) in [6, 6.07) is 6.20. The van der Waals surface area contributed by atoms with Gasteiger partial charge in [0.2, 0.25) is 0 Å².